The van der Waals surface area contributed by atoms with Crippen molar-refractivity contribution in [3.63, 3.8) is 0 Å². The molecule has 0 bridgehead atoms. The molecule has 0 aliphatic rings. The van der Waals surface area contributed by atoms with E-state index in [1.54, 1.807) is 0 Å². The number of hydrogen-bond acceptors (Lipinski definition) is 4. The second-order valence-corrected chi connectivity index (χ2v) is 4.68. The summed E-state index contributed by atoms with van der Waals surface area (Å²) in [5.74, 6) is -0.0416. The summed E-state index contributed by atoms with van der Waals surface area (Å²) in [7, 11) is 3.84. The van der Waals surface area contributed by atoms with Crippen molar-refractivity contribution < 1.29 is 13.2 Å². The number of nitrogens with zero attached hydrogens (tertiary/aromatic N) is 3. The minimum Gasteiger partial charge on any atom is -0.378 e. The zero-order valence-corrected chi connectivity index (χ0v) is 11.6. The van der Waals surface area contributed by atoms with Crippen LogP contribution in [0.5, 0.6) is 0 Å². The molecule has 1 N–H and O–H groups in total. The minimum atomic E-state index is -4.47. The zero-order chi connectivity index (χ0) is 15.5. The van der Waals surface area contributed by atoms with Crippen LogP contribution in [0.15, 0.2) is 36.5 Å². The first-order valence-electron chi connectivity index (χ1n) is 6.26. The Morgan fingerprint density at radius 3 is 2.62 bits per heavy atom. The number of nitrogens with one attached hydrogen (secondary N) is 1. The van der Waals surface area contributed by atoms with E-state index in [-0.39, 0.29) is 5.95 Å². The Morgan fingerprint density at radius 1 is 1.19 bits per heavy atom. The lowest BCUT2D eigenvalue weighted by Crippen LogP contribution is -2.12. The second kappa shape index (κ2) is 5.99. The largest absolute Gasteiger partial charge is 0.433 e. The molecule has 1 heterocycles. The third-order valence-electron chi connectivity index (χ3n) is 2.82. The van der Waals surface area contributed by atoms with E-state index in [0.29, 0.717) is 6.54 Å². The number of aromatic nitrogens is 2. The summed E-state index contributed by atoms with van der Waals surface area (Å²) in [5.41, 5.74) is 0.989. The molecule has 1 aromatic heterocycles. The van der Waals surface area contributed by atoms with Crippen LogP contribution in [-0.2, 0) is 12.7 Å². The Hall–Kier alpha value is -2.31. The highest BCUT2D eigenvalue weighted by atomic mass is 19.4. The molecule has 0 unspecified atom stereocenters. The molecule has 0 radical (unpaired) electrons. The minimum absolute atomic E-state index is 0.0416. The molecule has 0 atom stereocenters. The first-order valence-corrected chi connectivity index (χ1v) is 6.26. The highest BCUT2D eigenvalue weighted by molar-refractivity contribution is 5.47. The fourth-order valence-electron chi connectivity index (χ4n) is 1.73. The Labute approximate surface area is 120 Å². The summed E-state index contributed by atoms with van der Waals surface area (Å²) >= 11 is 0. The highest BCUT2D eigenvalue weighted by Gasteiger charge is 2.32. The van der Waals surface area contributed by atoms with E-state index in [4.69, 9.17) is 0 Å². The maximum atomic E-state index is 12.5. The van der Waals surface area contributed by atoms with E-state index < -0.39 is 11.9 Å². The van der Waals surface area contributed by atoms with Crippen LogP contribution in [0.4, 0.5) is 24.8 Å². The lowest BCUT2D eigenvalue weighted by Gasteiger charge is -2.14. The Balaban J connectivity index is 2.08. The molecule has 2 aromatic rings. The number of alkyl halides is 3. The van der Waals surface area contributed by atoms with Crippen LogP contribution in [0.1, 0.15) is 11.3 Å². The van der Waals surface area contributed by atoms with Crippen LogP contribution in [0.3, 0.4) is 0 Å². The smallest absolute Gasteiger partial charge is 0.378 e. The monoisotopic (exact) mass is 296 g/mol. The van der Waals surface area contributed by atoms with Gasteiger partial charge in [-0.15, -0.1) is 0 Å². The predicted molar refractivity (Wildman–Crippen MR) is 75.1 cm³/mol. The first kappa shape index (κ1) is 15.1. The molecule has 1 aromatic carbocycles. The number of anilines is 2. The molecule has 0 aliphatic heterocycles. The standard InChI is InChI=1S/C14H15F3N4/c1-21(2)11-5-3-4-10(8-11)9-19-13-18-7-6-12(20-13)14(15,16)17/h3-8H,9H2,1-2H3,(H,18,19,20). The van der Waals surface area contributed by atoms with Crippen molar-refractivity contribution in [2.24, 2.45) is 0 Å². The first-order chi connectivity index (χ1) is 9.86. The number of rotatable bonds is 4. The molecule has 0 aliphatic carbocycles. The third kappa shape index (κ3) is 4.08. The van der Waals surface area contributed by atoms with Gasteiger partial charge in [0.1, 0.15) is 5.69 Å². The van der Waals surface area contributed by atoms with E-state index in [2.05, 4.69) is 15.3 Å². The van der Waals surface area contributed by atoms with Gasteiger partial charge in [-0.25, -0.2) is 9.97 Å². The molecular weight excluding hydrogens is 281 g/mol. The lowest BCUT2D eigenvalue weighted by atomic mass is 10.2. The molecule has 0 saturated carbocycles. The van der Waals surface area contributed by atoms with E-state index in [1.807, 2.05) is 43.3 Å². The molecule has 2 rings (SSSR count). The molecule has 0 saturated heterocycles. The molecule has 112 valence electrons. The summed E-state index contributed by atoms with van der Waals surface area (Å²) in [4.78, 5) is 9.20. The number of halogens is 3. The molecular formula is C14H15F3N4. The Kier molecular flexibility index (Phi) is 4.30. The summed E-state index contributed by atoms with van der Waals surface area (Å²) in [5, 5.41) is 2.80. The van der Waals surface area contributed by atoms with Gasteiger partial charge in [-0.2, -0.15) is 13.2 Å². The van der Waals surface area contributed by atoms with Gasteiger partial charge in [0.15, 0.2) is 0 Å². The van der Waals surface area contributed by atoms with Crippen LogP contribution in [-0.4, -0.2) is 24.1 Å². The molecule has 4 nitrogen and oxygen atoms in total. The maximum absolute atomic E-state index is 12.5. The molecule has 0 amide bonds. The van der Waals surface area contributed by atoms with Gasteiger partial charge in [-0.05, 0) is 23.8 Å². The van der Waals surface area contributed by atoms with Crippen LogP contribution in [0.2, 0.25) is 0 Å². The SMILES string of the molecule is CN(C)c1cccc(CNc2nccc(C(F)(F)F)n2)c1. The van der Waals surface area contributed by atoms with Crippen LogP contribution in [0, 0.1) is 0 Å². The zero-order valence-electron chi connectivity index (χ0n) is 11.6. The van der Waals surface area contributed by atoms with Crippen molar-refractivity contribution in [1.82, 2.24) is 9.97 Å². The Bertz CT molecular complexity index is 611. The van der Waals surface area contributed by atoms with E-state index in [0.717, 1.165) is 23.5 Å². The molecule has 7 heteroatoms. The van der Waals surface area contributed by atoms with Crippen molar-refractivity contribution in [2.45, 2.75) is 12.7 Å². The van der Waals surface area contributed by atoms with Crippen molar-refractivity contribution in [2.75, 3.05) is 24.3 Å². The fraction of sp³-hybridized carbons (Fsp3) is 0.286. The van der Waals surface area contributed by atoms with Gasteiger partial charge in [0.05, 0.1) is 0 Å². The molecule has 0 spiro atoms. The normalized spacial score (nSPS) is 11.3. The average Bonchev–Trinajstić information content (AvgIpc) is 2.45. The second-order valence-electron chi connectivity index (χ2n) is 4.68. The topological polar surface area (TPSA) is 41.0 Å². The van der Waals surface area contributed by atoms with Gasteiger partial charge in [0.25, 0.3) is 0 Å². The van der Waals surface area contributed by atoms with Gasteiger partial charge in [-0.1, -0.05) is 12.1 Å². The van der Waals surface area contributed by atoms with Gasteiger partial charge >= 0.3 is 6.18 Å². The van der Waals surface area contributed by atoms with E-state index >= 15 is 0 Å². The summed E-state index contributed by atoms with van der Waals surface area (Å²) in [6.45, 7) is 0.350. The predicted octanol–water partition coefficient (Wildman–Crippen LogP) is 3.17. The van der Waals surface area contributed by atoms with Crippen LogP contribution < -0.4 is 10.2 Å². The van der Waals surface area contributed by atoms with Crippen molar-refractivity contribution in [3.05, 3.63) is 47.8 Å². The van der Waals surface area contributed by atoms with Gasteiger partial charge in [0, 0.05) is 32.5 Å². The number of benzene rings is 1. The van der Waals surface area contributed by atoms with Crippen LogP contribution >= 0.6 is 0 Å². The summed E-state index contributed by atoms with van der Waals surface area (Å²) < 4.78 is 37.6. The van der Waals surface area contributed by atoms with Gasteiger partial charge in [-0.3, -0.25) is 0 Å². The van der Waals surface area contributed by atoms with Crippen LogP contribution in [0.25, 0.3) is 0 Å². The van der Waals surface area contributed by atoms with E-state index in [9.17, 15) is 13.2 Å². The summed E-state index contributed by atoms with van der Waals surface area (Å²) in [6, 6.07) is 8.51. The molecule has 0 fully saturated rings. The van der Waals surface area contributed by atoms with Crippen molar-refractivity contribution in [3.8, 4) is 0 Å². The maximum Gasteiger partial charge on any atom is 0.433 e. The van der Waals surface area contributed by atoms with Gasteiger partial charge in [0.2, 0.25) is 5.95 Å². The van der Waals surface area contributed by atoms with Crippen molar-refractivity contribution in [1.29, 1.82) is 0 Å². The Morgan fingerprint density at radius 2 is 1.95 bits per heavy atom. The number of hydrogen-bond donors (Lipinski definition) is 1. The summed E-state index contributed by atoms with van der Waals surface area (Å²) in [6.07, 6.45) is -3.38. The highest BCUT2D eigenvalue weighted by Crippen LogP contribution is 2.27. The average molecular weight is 296 g/mol. The third-order valence-corrected chi connectivity index (χ3v) is 2.82. The van der Waals surface area contributed by atoms with Crippen molar-refractivity contribution >= 4 is 11.6 Å². The van der Waals surface area contributed by atoms with E-state index in [1.165, 1.54) is 0 Å². The fourth-order valence-corrected chi connectivity index (χ4v) is 1.73. The van der Waals surface area contributed by atoms with Gasteiger partial charge < -0.3 is 10.2 Å². The molecule has 21 heavy (non-hydrogen) atoms. The quantitative estimate of drug-likeness (QED) is 0.941. The lowest BCUT2D eigenvalue weighted by molar-refractivity contribution is -0.141.